The Morgan fingerprint density at radius 1 is 0.871 bits per heavy atom. The van der Waals surface area contributed by atoms with E-state index in [2.05, 4.69) is 37.4 Å². The van der Waals surface area contributed by atoms with Crippen LogP contribution in [0.4, 0.5) is 0 Å². The highest BCUT2D eigenvalue weighted by molar-refractivity contribution is 5.45. The van der Waals surface area contributed by atoms with Crippen molar-refractivity contribution in [3.05, 3.63) is 53.6 Å². The number of benzene rings is 2. The molecule has 2 aromatic carbocycles. The third kappa shape index (κ3) is 6.63. The van der Waals surface area contributed by atoms with Crippen molar-refractivity contribution in [3.63, 3.8) is 0 Å². The van der Waals surface area contributed by atoms with Gasteiger partial charge in [-0.2, -0.15) is 5.26 Å². The van der Waals surface area contributed by atoms with Gasteiger partial charge in [0.1, 0.15) is 17.2 Å². The van der Waals surface area contributed by atoms with Crippen molar-refractivity contribution in [1.29, 1.82) is 5.26 Å². The lowest BCUT2D eigenvalue weighted by atomic mass is 9.69. The second kappa shape index (κ2) is 12.2. The van der Waals surface area contributed by atoms with Crippen LogP contribution in [-0.2, 0) is 11.8 Å². The molecule has 2 aromatic rings. The summed E-state index contributed by atoms with van der Waals surface area (Å²) in [7, 11) is 4.96. The molecule has 0 fully saturated rings. The van der Waals surface area contributed by atoms with Crippen LogP contribution in [0.2, 0.25) is 0 Å². The molecule has 0 unspecified atom stereocenters. The molecule has 0 aliphatic rings. The molecule has 0 aliphatic carbocycles. The molecule has 0 amide bonds. The highest BCUT2D eigenvalue weighted by Gasteiger charge is 2.36. The Hall–Kier alpha value is -2.71. The van der Waals surface area contributed by atoms with Gasteiger partial charge in [0, 0.05) is 6.07 Å². The monoisotopic (exact) mass is 424 g/mol. The van der Waals surface area contributed by atoms with Gasteiger partial charge >= 0.3 is 0 Å². The summed E-state index contributed by atoms with van der Waals surface area (Å²) >= 11 is 0. The lowest BCUT2D eigenvalue weighted by Gasteiger charge is -2.32. The van der Waals surface area contributed by atoms with Crippen LogP contribution < -0.4 is 19.5 Å². The van der Waals surface area contributed by atoms with Gasteiger partial charge in [-0.3, -0.25) is 0 Å². The van der Waals surface area contributed by atoms with Crippen LogP contribution in [0.5, 0.6) is 17.2 Å². The molecule has 0 saturated carbocycles. The average Bonchev–Trinajstić information content (AvgIpc) is 2.80. The number of hydrogen-bond acceptors (Lipinski definition) is 5. The van der Waals surface area contributed by atoms with E-state index in [-0.39, 0.29) is 5.92 Å². The molecule has 1 atom stereocenters. The van der Waals surface area contributed by atoms with Gasteiger partial charge in [0.2, 0.25) is 0 Å². The molecular weight excluding hydrogens is 388 g/mol. The van der Waals surface area contributed by atoms with Crippen molar-refractivity contribution in [3.8, 4) is 23.3 Å². The average molecular weight is 425 g/mol. The Morgan fingerprint density at radius 2 is 1.45 bits per heavy atom. The zero-order chi connectivity index (χ0) is 22.7. The quantitative estimate of drug-likeness (QED) is 0.452. The summed E-state index contributed by atoms with van der Waals surface area (Å²) in [6.45, 7) is 6.06. The molecule has 31 heavy (non-hydrogen) atoms. The van der Waals surface area contributed by atoms with Crippen molar-refractivity contribution in [2.45, 2.75) is 44.9 Å². The molecule has 1 N–H and O–H groups in total. The number of nitrogens with zero attached hydrogens (tertiary/aromatic N) is 1. The number of hydrogen-bond donors (Lipinski definition) is 1. The molecule has 0 aromatic heterocycles. The number of ether oxygens (including phenoxy) is 3. The van der Waals surface area contributed by atoms with E-state index < -0.39 is 5.41 Å². The van der Waals surface area contributed by atoms with E-state index in [1.54, 1.807) is 21.3 Å². The summed E-state index contributed by atoms with van der Waals surface area (Å²) in [5.41, 5.74) is 1.70. The van der Waals surface area contributed by atoms with E-state index in [1.807, 2.05) is 30.3 Å². The first-order valence-corrected chi connectivity index (χ1v) is 11.0. The largest absolute Gasteiger partial charge is 0.497 e. The van der Waals surface area contributed by atoms with Gasteiger partial charge in [-0.15, -0.1) is 0 Å². The maximum atomic E-state index is 10.2. The van der Waals surface area contributed by atoms with Gasteiger partial charge in [-0.05, 0) is 80.1 Å². The Bertz CT molecular complexity index is 820. The minimum absolute atomic E-state index is 0.171. The van der Waals surface area contributed by atoms with Crippen LogP contribution in [0.15, 0.2) is 42.5 Å². The summed E-state index contributed by atoms with van der Waals surface area (Å²) in [5, 5.41) is 13.7. The fraction of sp³-hybridized carbons (Fsp3) is 0.500. The molecule has 5 nitrogen and oxygen atoms in total. The molecule has 0 spiro atoms. The Balaban J connectivity index is 1.88. The first-order chi connectivity index (χ1) is 15.0. The van der Waals surface area contributed by atoms with Gasteiger partial charge in [0.15, 0.2) is 0 Å². The lowest BCUT2D eigenvalue weighted by molar-refractivity contribution is 0.348. The van der Waals surface area contributed by atoms with Gasteiger partial charge in [0.05, 0.1) is 32.8 Å². The number of nitrogens with one attached hydrogen (secondary N) is 1. The highest BCUT2D eigenvalue weighted by atomic mass is 16.5. The van der Waals surface area contributed by atoms with E-state index in [4.69, 9.17) is 14.2 Å². The van der Waals surface area contributed by atoms with Crippen molar-refractivity contribution >= 4 is 0 Å². The summed E-state index contributed by atoms with van der Waals surface area (Å²) < 4.78 is 16.1. The summed E-state index contributed by atoms with van der Waals surface area (Å²) in [4.78, 5) is 0. The molecule has 168 valence electrons. The Morgan fingerprint density at radius 3 is 1.97 bits per heavy atom. The molecule has 0 aliphatic heterocycles. The summed E-state index contributed by atoms with van der Waals surface area (Å²) in [6.07, 6.45) is 3.82. The third-order valence-corrected chi connectivity index (χ3v) is 5.95. The predicted molar refractivity (Wildman–Crippen MR) is 125 cm³/mol. The standard InChI is InChI=1S/C26H36N2O3/c1-20(2)26(19-27,22-16-24(30-4)18-25(17-22)31-5)13-7-15-28-14-6-8-21-9-11-23(29-3)12-10-21/h9-12,16-18,20,28H,6-8,13-15H2,1-5H3/t26-/m0/s1. The minimum atomic E-state index is -0.577. The Kier molecular flexibility index (Phi) is 9.68. The smallest absolute Gasteiger partial charge is 0.122 e. The van der Waals surface area contributed by atoms with Gasteiger partial charge in [-0.1, -0.05) is 26.0 Å². The van der Waals surface area contributed by atoms with Crippen LogP contribution in [0, 0.1) is 17.2 Å². The summed E-state index contributed by atoms with van der Waals surface area (Å²) in [5.74, 6) is 2.49. The normalized spacial score (nSPS) is 12.8. The fourth-order valence-electron chi connectivity index (χ4n) is 3.91. The molecule has 2 rings (SSSR count). The molecule has 5 heteroatoms. The minimum Gasteiger partial charge on any atom is -0.497 e. The predicted octanol–water partition coefficient (Wildman–Crippen LogP) is 5.13. The van der Waals surface area contributed by atoms with Crippen LogP contribution in [-0.4, -0.2) is 34.4 Å². The third-order valence-electron chi connectivity index (χ3n) is 5.95. The zero-order valence-corrected chi connectivity index (χ0v) is 19.5. The van der Waals surface area contributed by atoms with Gasteiger partial charge in [0.25, 0.3) is 0 Å². The molecule has 0 radical (unpaired) electrons. The SMILES string of the molecule is COc1ccc(CCCNCCC[C@@](C#N)(c2cc(OC)cc(OC)c2)C(C)C)cc1. The van der Waals surface area contributed by atoms with E-state index >= 15 is 0 Å². The van der Waals surface area contributed by atoms with E-state index in [0.29, 0.717) is 11.5 Å². The zero-order valence-electron chi connectivity index (χ0n) is 19.5. The second-order valence-corrected chi connectivity index (χ2v) is 8.14. The number of aryl methyl sites for hydroxylation is 1. The maximum absolute atomic E-state index is 10.2. The molecule has 0 saturated heterocycles. The van der Waals surface area contributed by atoms with Crippen molar-refractivity contribution in [2.24, 2.45) is 5.92 Å². The van der Waals surface area contributed by atoms with E-state index in [1.165, 1.54) is 5.56 Å². The fourth-order valence-corrected chi connectivity index (χ4v) is 3.91. The lowest BCUT2D eigenvalue weighted by Crippen LogP contribution is -2.32. The number of methoxy groups -OCH3 is 3. The second-order valence-electron chi connectivity index (χ2n) is 8.14. The van der Waals surface area contributed by atoms with Crippen LogP contribution in [0.25, 0.3) is 0 Å². The van der Waals surface area contributed by atoms with Crippen LogP contribution >= 0.6 is 0 Å². The van der Waals surface area contributed by atoms with E-state index in [0.717, 1.165) is 50.1 Å². The maximum Gasteiger partial charge on any atom is 0.122 e. The van der Waals surface area contributed by atoms with E-state index in [9.17, 15) is 5.26 Å². The Labute approximate surface area is 187 Å². The number of rotatable bonds is 13. The molecular formula is C26H36N2O3. The van der Waals surface area contributed by atoms with Crippen LogP contribution in [0.3, 0.4) is 0 Å². The van der Waals surface area contributed by atoms with Gasteiger partial charge < -0.3 is 19.5 Å². The van der Waals surface area contributed by atoms with Crippen molar-refractivity contribution in [2.75, 3.05) is 34.4 Å². The summed E-state index contributed by atoms with van der Waals surface area (Å²) in [6, 6.07) is 16.6. The first kappa shape index (κ1) is 24.6. The van der Waals surface area contributed by atoms with Crippen molar-refractivity contribution in [1.82, 2.24) is 5.32 Å². The van der Waals surface area contributed by atoms with Crippen molar-refractivity contribution < 1.29 is 14.2 Å². The topological polar surface area (TPSA) is 63.5 Å². The van der Waals surface area contributed by atoms with Crippen LogP contribution in [0.1, 0.15) is 44.2 Å². The number of nitriles is 1. The van der Waals surface area contributed by atoms with Gasteiger partial charge in [-0.25, -0.2) is 0 Å². The first-order valence-electron chi connectivity index (χ1n) is 11.0. The molecule has 0 heterocycles. The molecule has 0 bridgehead atoms. The highest BCUT2D eigenvalue weighted by Crippen LogP contribution is 2.39.